The van der Waals surface area contributed by atoms with E-state index in [1.807, 2.05) is 17.5 Å². The fraction of sp³-hybridized carbons (Fsp3) is 0.391. The average Bonchev–Trinajstić information content (AvgIpc) is 3.38. The zero-order chi connectivity index (χ0) is 25.5. The molecular formula is C23H23BrClN3O5S2. The van der Waals surface area contributed by atoms with Crippen LogP contribution in [0.1, 0.15) is 43.1 Å². The van der Waals surface area contributed by atoms with Gasteiger partial charge in [0.25, 0.3) is 0 Å². The van der Waals surface area contributed by atoms with Crippen LogP contribution in [0.25, 0.3) is 10.2 Å². The van der Waals surface area contributed by atoms with Gasteiger partial charge in [-0.15, -0.1) is 22.7 Å². The first-order valence-electron chi connectivity index (χ1n) is 10.7. The molecule has 1 amide bonds. The number of rotatable bonds is 5. The van der Waals surface area contributed by atoms with Crippen LogP contribution in [0.3, 0.4) is 0 Å². The number of hydrogen-bond acceptors (Lipinski definition) is 8. The number of ether oxygens (including phenoxy) is 2. The van der Waals surface area contributed by atoms with Crippen molar-refractivity contribution in [2.24, 2.45) is 0 Å². The van der Waals surface area contributed by atoms with Crippen molar-refractivity contribution < 1.29 is 19.2 Å². The van der Waals surface area contributed by atoms with Gasteiger partial charge in [0, 0.05) is 22.3 Å². The lowest BCUT2D eigenvalue weighted by molar-refractivity contribution is -0.539. The van der Waals surface area contributed by atoms with Crippen LogP contribution in [0.5, 0.6) is 0 Å². The Bertz CT molecular complexity index is 1290. The number of nitro groups is 1. The van der Waals surface area contributed by atoms with Gasteiger partial charge in [0.1, 0.15) is 10.8 Å². The Morgan fingerprint density at radius 2 is 2.23 bits per heavy atom. The van der Waals surface area contributed by atoms with Gasteiger partial charge in [0.15, 0.2) is 6.10 Å². The van der Waals surface area contributed by atoms with Gasteiger partial charge < -0.3 is 9.47 Å². The highest BCUT2D eigenvalue weighted by atomic mass is 79.9. The molecule has 3 aromatic heterocycles. The van der Waals surface area contributed by atoms with E-state index in [1.54, 1.807) is 26.8 Å². The summed E-state index contributed by atoms with van der Waals surface area (Å²) in [6, 6.07) is 4.48. The normalized spacial score (nSPS) is 18.6. The van der Waals surface area contributed by atoms with E-state index >= 15 is 0 Å². The summed E-state index contributed by atoms with van der Waals surface area (Å²) >= 11 is 12.8. The largest absolute Gasteiger partial charge is 0.443 e. The monoisotopic (exact) mass is 599 g/mol. The fourth-order valence-corrected chi connectivity index (χ4v) is 6.77. The maximum atomic E-state index is 13.3. The molecule has 0 aromatic carbocycles. The average molecular weight is 601 g/mol. The predicted octanol–water partition coefficient (Wildman–Crippen LogP) is 7.38. The van der Waals surface area contributed by atoms with Crippen molar-refractivity contribution in [3.63, 3.8) is 0 Å². The Balaban J connectivity index is 1.85. The third-order valence-corrected chi connectivity index (χ3v) is 8.58. The second-order valence-corrected chi connectivity index (χ2v) is 12.4. The quantitative estimate of drug-likeness (QED) is 0.131. The molecule has 0 N–H and O–H groups in total. The highest BCUT2D eigenvalue weighted by Gasteiger charge is 2.41. The zero-order valence-electron chi connectivity index (χ0n) is 19.2. The van der Waals surface area contributed by atoms with E-state index < -0.39 is 23.8 Å². The maximum Gasteiger partial charge on any atom is 0.415 e. The van der Waals surface area contributed by atoms with Crippen molar-refractivity contribution in [2.75, 3.05) is 11.5 Å². The molecule has 35 heavy (non-hydrogen) atoms. The van der Waals surface area contributed by atoms with Gasteiger partial charge in [0.2, 0.25) is 6.04 Å². The number of carbonyl (C=O) groups excluding carboxylic acids is 1. The Morgan fingerprint density at radius 3 is 2.86 bits per heavy atom. The molecule has 0 radical (unpaired) electrons. The molecule has 12 heteroatoms. The van der Waals surface area contributed by atoms with E-state index in [9.17, 15) is 14.9 Å². The minimum Gasteiger partial charge on any atom is -0.443 e. The Morgan fingerprint density at radius 1 is 1.49 bits per heavy atom. The first kappa shape index (κ1) is 26.0. The Labute approximate surface area is 223 Å². The molecular weight excluding hydrogens is 578 g/mol. The topological polar surface area (TPSA) is 94.8 Å². The smallest absolute Gasteiger partial charge is 0.415 e. The molecule has 0 spiro atoms. The summed E-state index contributed by atoms with van der Waals surface area (Å²) in [6.45, 7) is 9.75. The fourth-order valence-electron chi connectivity index (χ4n) is 3.73. The Kier molecular flexibility index (Phi) is 7.54. The van der Waals surface area contributed by atoms with E-state index in [0.717, 1.165) is 4.88 Å². The minimum atomic E-state index is -0.979. The molecule has 8 nitrogen and oxygen atoms in total. The molecule has 2 atom stereocenters. The molecule has 1 fully saturated rings. The molecule has 0 aliphatic carbocycles. The molecule has 3 aromatic rings. The van der Waals surface area contributed by atoms with Crippen LogP contribution in [0, 0.1) is 10.1 Å². The number of anilines is 1. The van der Waals surface area contributed by atoms with Gasteiger partial charge in [-0.3, -0.25) is 15.0 Å². The van der Waals surface area contributed by atoms with E-state index in [2.05, 4.69) is 27.5 Å². The lowest BCUT2D eigenvalue weighted by Crippen LogP contribution is -2.36. The van der Waals surface area contributed by atoms with Crippen molar-refractivity contribution >= 4 is 72.2 Å². The lowest BCUT2D eigenvalue weighted by Gasteiger charge is -2.27. The summed E-state index contributed by atoms with van der Waals surface area (Å²) in [5, 5.41) is 13.9. The van der Waals surface area contributed by atoms with E-state index in [4.69, 9.17) is 21.1 Å². The van der Waals surface area contributed by atoms with Crippen LogP contribution in [0.4, 0.5) is 10.5 Å². The summed E-state index contributed by atoms with van der Waals surface area (Å²) < 4.78 is 12.8. The number of thiophene rings is 2. The van der Waals surface area contributed by atoms with Crippen LogP contribution >= 0.6 is 50.2 Å². The SMILES string of the molecule is C=C1CO[C@H](c2sc3c(N(Cc4cccs4)C(=O)OC(C)(C)C)cc(Cl)nc3c2Br)[C@@H]([N+](=O)[O-])C1. The van der Waals surface area contributed by atoms with Crippen LogP contribution in [-0.4, -0.2) is 34.3 Å². The number of aromatic nitrogens is 1. The summed E-state index contributed by atoms with van der Waals surface area (Å²) in [5.74, 6) is 0. The molecule has 186 valence electrons. The maximum absolute atomic E-state index is 13.3. The predicted molar refractivity (Wildman–Crippen MR) is 142 cm³/mol. The number of hydrogen-bond donors (Lipinski definition) is 0. The van der Waals surface area contributed by atoms with E-state index in [-0.39, 0.29) is 29.6 Å². The molecule has 0 unspecified atom stereocenters. The Hall–Kier alpha value is -2.05. The zero-order valence-corrected chi connectivity index (χ0v) is 23.2. The highest BCUT2D eigenvalue weighted by molar-refractivity contribution is 9.10. The molecule has 0 bridgehead atoms. The third kappa shape index (κ3) is 5.69. The van der Waals surface area contributed by atoms with Crippen LogP contribution in [-0.2, 0) is 16.0 Å². The summed E-state index contributed by atoms with van der Waals surface area (Å²) in [6.07, 6.45) is -1.10. The van der Waals surface area contributed by atoms with Gasteiger partial charge in [-0.1, -0.05) is 24.2 Å². The minimum absolute atomic E-state index is 0.182. The second kappa shape index (κ2) is 10.1. The lowest BCUT2D eigenvalue weighted by atomic mass is 9.99. The van der Waals surface area contributed by atoms with Crippen molar-refractivity contribution in [2.45, 2.75) is 51.5 Å². The van der Waals surface area contributed by atoms with Gasteiger partial charge in [-0.2, -0.15) is 0 Å². The number of fused-ring (bicyclic) bond motifs is 1. The number of pyridine rings is 1. The molecule has 4 rings (SSSR count). The van der Waals surface area contributed by atoms with Crippen molar-refractivity contribution in [1.29, 1.82) is 0 Å². The second-order valence-electron chi connectivity index (χ2n) is 9.11. The molecule has 1 aliphatic rings. The molecule has 1 saturated heterocycles. The van der Waals surface area contributed by atoms with Gasteiger partial charge in [-0.25, -0.2) is 9.78 Å². The van der Waals surface area contributed by atoms with Crippen molar-refractivity contribution in [1.82, 2.24) is 4.98 Å². The van der Waals surface area contributed by atoms with Crippen LogP contribution < -0.4 is 4.90 Å². The highest BCUT2D eigenvalue weighted by Crippen LogP contribution is 2.47. The van der Waals surface area contributed by atoms with E-state index in [1.165, 1.54) is 27.6 Å². The van der Waals surface area contributed by atoms with Crippen molar-refractivity contribution in [3.8, 4) is 0 Å². The summed E-state index contributed by atoms with van der Waals surface area (Å²) in [7, 11) is 0. The summed E-state index contributed by atoms with van der Waals surface area (Å²) in [5.41, 5.74) is 0.980. The molecule has 0 saturated carbocycles. The van der Waals surface area contributed by atoms with Crippen LogP contribution in [0.15, 0.2) is 40.2 Å². The number of amides is 1. The molecule has 1 aliphatic heterocycles. The van der Waals surface area contributed by atoms with Crippen molar-refractivity contribution in [3.05, 3.63) is 65.2 Å². The third-order valence-electron chi connectivity index (χ3n) is 5.20. The van der Waals surface area contributed by atoms with Gasteiger partial charge in [0.05, 0.1) is 38.4 Å². The van der Waals surface area contributed by atoms with E-state index in [0.29, 0.717) is 30.8 Å². The van der Waals surface area contributed by atoms with Crippen LogP contribution in [0.2, 0.25) is 5.15 Å². The number of halogens is 2. The molecule has 4 heterocycles. The standard InChI is InChI=1S/C23H23BrClN3O5S2/c1-12-8-14(28(30)31)19(32-11-12)21-17(24)18-20(35-21)15(9-16(25)26-18)27(10-13-6-5-7-34-13)22(29)33-23(2,3)4/h5-7,9,14,19H,1,8,10-11H2,2-4H3/t14-,19-/m0/s1. The number of nitrogens with zero attached hydrogens (tertiary/aromatic N) is 3. The summed E-state index contributed by atoms with van der Waals surface area (Å²) in [4.78, 5) is 32.3. The van der Waals surface area contributed by atoms with Gasteiger partial charge >= 0.3 is 6.09 Å². The van der Waals surface area contributed by atoms with Gasteiger partial charge in [-0.05, 0) is 53.7 Å². The number of carbonyl (C=O) groups is 1. The first-order chi connectivity index (χ1) is 16.4. The first-order valence-corrected chi connectivity index (χ1v) is 13.5.